The highest BCUT2D eigenvalue weighted by Gasteiger charge is 2.17. The third-order valence-electron chi connectivity index (χ3n) is 4.05. The molecule has 0 aliphatic heterocycles. The Kier molecular flexibility index (Phi) is 4.63. The summed E-state index contributed by atoms with van der Waals surface area (Å²) in [4.78, 5) is 21.2. The number of benzene rings is 1. The van der Waals surface area contributed by atoms with Crippen LogP contribution in [0.3, 0.4) is 0 Å². The van der Waals surface area contributed by atoms with Crippen LogP contribution in [0, 0.1) is 5.95 Å². The summed E-state index contributed by atoms with van der Waals surface area (Å²) in [5.41, 5.74) is 1.32. The highest BCUT2D eigenvalue weighted by atomic mass is 35.5. The zero-order valence-corrected chi connectivity index (χ0v) is 15.3. The first-order chi connectivity index (χ1) is 13.1. The molecule has 0 saturated heterocycles. The van der Waals surface area contributed by atoms with Gasteiger partial charge in [-0.15, -0.1) is 11.6 Å². The zero-order valence-electron chi connectivity index (χ0n) is 13.8. The normalized spacial score (nSPS) is 11.2. The molecule has 136 valence electrons. The van der Waals surface area contributed by atoms with Gasteiger partial charge in [-0.3, -0.25) is 9.36 Å². The lowest BCUT2D eigenvalue weighted by molar-refractivity contribution is 0.584. The standard InChI is InChI=1S/C18H12Cl2FN5O/c19-7-8-25-16(11-1-6-15(21)22-9-11)24-17-14(18(25)27)10-23-26(17)13-4-2-12(20)3-5-13/h1-6,9-10H,7-8H2. The lowest BCUT2D eigenvalue weighted by Crippen LogP contribution is -2.24. The second-order valence-electron chi connectivity index (χ2n) is 5.72. The van der Waals surface area contributed by atoms with Crippen molar-refractivity contribution in [3.8, 4) is 17.1 Å². The number of pyridine rings is 1. The molecule has 0 spiro atoms. The van der Waals surface area contributed by atoms with Gasteiger partial charge in [-0.25, -0.2) is 14.6 Å². The molecule has 0 saturated carbocycles. The Labute approximate surface area is 162 Å². The van der Waals surface area contributed by atoms with Crippen LogP contribution in [0.2, 0.25) is 5.02 Å². The zero-order chi connectivity index (χ0) is 19.0. The van der Waals surface area contributed by atoms with Crippen molar-refractivity contribution in [2.45, 2.75) is 6.54 Å². The molecule has 4 rings (SSSR count). The van der Waals surface area contributed by atoms with Gasteiger partial charge in [-0.1, -0.05) is 11.6 Å². The maximum atomic E-state index is 13.2. The lowest BCUT2D eigenvalue weighted by Gasteiger charge is -2.12. The number of hydrogen-bond donors (Lipinski definition) is 0. The van der Waals surface area contributed by atoms with Crippen LogP contribution in [-0.2, 0) is 6.54 Å². The highest BCUT2D eigenvalue weighted by molar-refractivity contribution is 6.30. The van der Waals surface area contributed by atoms with Crippen LogP contribution in [-0.4, -0.2) is 30.2 Å². The minimum Gasteiger partial charge on any atom is -0.291 e. The Morgan fingerprint density at radius 1 is 1.07 bits per heavy atom. The van der Waals surface area contributed by atoms with E-state index in [4.69, 9.17) is 23.2 Å². The maximum Gasteiger partial charge on any atom is 0.264 e. The third-order valence-corrected chi connectivity index (χ3v) is 4.47. The molecule has 4 aromatic rings. The van der Waals surface area contributed by atoms with E-state index >= 15 is 0 Å². The first-order valence-electron chi connectivity index (χ1n) is 8.01. The SMILES string of the molecule is O=c1c2cnn(-c3ccc(Cl)cc3)c2nc(-c2ccc(F)nc2)n1CCCl. The van der Waals surface area contributed by atoms with E-state index in [2.05, 4.69) is 15.1 Å². The Bertz CT molecular complexity index is 1170. The number of hydrogen-bond acceptors (Lipinski definition) is 4. The summed E-state index contributed by atoms with van der Waals surface area (Å²) in [6, 6.07) is 9.74. The minimum absolute atomic E-state index is 0.222. The first kappa shape index (κ1) is 17.6. The number of nitrogens with zero attached hydrogens (tertiary/aromatic N) is 5. The smallest absolute Gasteiger partial charge is 0.264 e. The van der Waals surface area contributed by atoms with Crippen LogP contribution in [0.4, 0.5) is 4.39 Å². The molecule has 3 aromatic heterocycles. The summed E-state index contributed by atoms with van der Waals surface area (Å²) >= 11 is 11.8. The number of rotatable bonds is 4. The maximum absolute atomic E-state index is 13.2. The molecule has 3 heterocycles. The van der Waals surface area contributed by atoms with E-state index in [1.807, 2.05) is 0 Å². The molecule has 0 N–H and O–H groups in total. The Balaban J connectivity index is 1.99. The molecular formula is C18H12Cl2FN5O. The summed E-state index contributed by atoms with van der Waals surface area (Å²) in [5.74, 6) is -0.0475. The van der Waals surface area contributed by atoms with Crippen LogP contribution in [0.25, 0.3) is 28.1 Å². The molecule has 0 aliphatic rings. The monoisotopic (exact) mass is 403 g/mol. The van der Waals surface area contributed by atoms with E-state index in [0.717, 1.165) is 0 Å². The molecule has 0 atom stereocenters. The minimum atomic E-state index is -0.614. The predicted octanol–water partition coefficient (Wildman–Crippen LogP) is 3.68. The van der Waals surface area contributed by atoms with Crippen LogP contribution >= 0.6 is 23.2 Å². The summed E-state index contributed by atoms with van der Waals surface area (Å²) in [6.07, 6.45) is 2.80. The van der Waals surface area contributed by atoms with Gasteiger partial charge in [0.15, 0.2) is 5.65 Å². The van der Waals surface area contributed by atoms with E-state index < -0.39 is 5.95 Å². The Hall–Kier alpha value is -2.77. The molecule has 0 aliphatic carbocycles. The molecule has 1 aromatic carbocycles. The molecule has 0 fully saturated rings. The van der Waals surface area contributed by atoms with Crippen molar-refractivity contribution in [3.63, 3.8) is 0 Å². The van der Waals surface area contributed by atoms with Gasteiger partial charge in [-0.05, 0) is 36.4 Å². The molecule has 0 radical (unpaired) electrons. The number of fused-ring (bicyclic) bond motifs is 1. The average Bonchev–Trinajstić information content (AvgIpc) is 3.09. The van der Waals surface area contributed by atoms with Crippen molar-refractivity contribution < 1.29 is 4.39 Å². The summed E-state index contributed by atoms with van der Waals surface area (Å²) in [6.45, 7) is 0.252. The van der Waals surface area contributed by atoms with E-state index in [1.54, 1.807) is 28.9 Å². The highest BCUT2D eigenvalue weighted by Crippen LogP contribution is 2.21. The van der Waals surface area contributed by atoms with Crippen LogP contribution < -0.4 is 5.56 Å². The lowest BCUT2D eigenvalue weighted by atomic mass is 10.2. The number of halogens is 3. The van der Waals surface area contributed by atoms with E-state index in [-0.39, 0.29) is 18.0 Å². The van der Waals surface area contributed by atoms with Gasteiger partial charge in [0.2, 0.25) is 5.95 Å². The summed E-state index contributed by atoms with van der Waals surface area (Å²) in [7, 11) is 0. The first-order valence-corrected chi connectivity index (χ1v) is 8.92. The molecule has 0 unspecified atom stereocenters. The fourth-order valence-corrected chi connectivity index (χ4v) is 3.09. The van der Waals surface area contributed by atoms with Crippen LogP contribution in [0.1, 0.15) is 0 Å². The fourth-order valence-electron chi connectivity index (χ4n) is 2.79. The van der Waals surface area contributed by atoms with Gasteiger partial charge in [0.25, 0.3) is 5.56 Å². The third kappa shape index (κ3) is 3.20. The van der Waals surface area contributed by atoms with E-state index in [9.17, 15) is 9.18 Å². The van der Waals surface area contributed by atoms with Crippen molar-refractivity contribution in [3.05, 3.63) is 70.1 Å². The van der Waals surface area contributed by atoms with Crippen molar-refractivity contribution in [1.82, 2.24) is 24.3 Å². The van der Waals surface area contributed by atoms with E-state index in [0.29, 0.717) is 33.1 Å². The van der Waals surface area contributed by atoms with E-state index in [1.165, 1.54) is 29.1 Å². The van der Waals surface area contributed by atoms with Gasteiger partial charge in [-0.2, -0.15) is 9.49 Å². The van der Waals surface area contributed by atoms with Gasteiger partial charge >= 0.3 is 0 Å². The molecule has 0 bridgehead atoms. The fraction of sp³-hybridized carbons (Fsp3) is 0.111. The topological polar surface area (TPSA) is 65.6 Å². The average molecular weight is 404 g/mol. The van der Waals surface area contributed by atoms with Gasteiger partial charge in [0.1, 0.15) is 11.2 Å². The molecule has 27 heavy (non-hydrogen) atoms. The van der Waals surface area contributed by atoms with Crippen molar-refractivity contribution in [2.75, 3.05) is 5.88 Å². The van der Waals surface area contributed by atoms with Crippen LogP contribution in [0.5, 0.6) is 0 Å². The molecule has 0 amide bonds. The Morgan fingerprint density at radius 3 is 2.52 bits per heavy atom. The molecule has 9 heteroatoms. The van der Waals surface area contributed by atoms with Crippen molar-refractivity contribution >= 4 is 34.2 Å². The van der Waals surface area contributed by atoms with Gasteiger partial charge in [0.05, 0.1) is 11.9 Å². The Morgan fingerprint density at radius 2 is 1.85 bits per heavy atom. The summed E-state index contributed by atoms with van der Waals surface area (Å²) in [5, 5.41) is 5.24. The largest absolute Gasteiger partial charge is 0.291 e. The molecule has 6 nitrogen and oxygen atoms in total. The predicted molar refractivity (Wildman–Crippen MR) is 102 cm³/mol. The molecular weight excluding hydrogens is 392 g/mol. The van der Waals surface area contributed by atoms with Gasteiger partial charge < -0.3 is 0 Å². The van der Waals surface area contributed by atoms with Crippen molar-refractivity contribution in [1.29, 1.82) is 0 Å². The second-order valence-corrected chi connectivity index (χ2v) is 6.54. The van der Waals surface area contributed by atoms with Crippen molar-refractivity contribution in [2.24, 2.45) is 0 Å². The van der Waals surface area contributed by atoms with Gasteiger partial charge in [0, 0.05) is 29.2 Å². The quantitative estimate of drug-likeness (QED) is 0.385. The number of aromatic nitrogens is 5. The summed E-state index contributed by atoms with van der Waals surface area (Å²) < 4.78 is 16.2. The second kappa shape index (κ2) is 7.09. The van der Waals surface area contributed by atoms with Crippen LogP contribution in [0.15, 0.2) is 53.6 Å². The number of alkyl halides is 1.